The summed E-state index contributed by atoms with van der Waals surface area (Å²) < 4.78 is 7.23. The lowest BCUT2D eigenvalue weighted by Crippen LogP contribution is -2.44. The molecule has 0 fully saturated rings. The molecule has 1 aromatic heterocycles. The third-order valence-corrected chi connectivity index (χ3v) is 4.00. The summed E-state index contributed by atoms with van der Waals surface area (Å²) in [6.07, 6.45) is 1.75. The van der Waals surface area contributed by atoms with Crippen LogP contribution in [0, 0.1) is 0 Å². The summed E-state index contributed by atoms with van der Waals surface area (Å²) in [5.41, 5.74) is 2.17. The number of amides is 1. The van der Waals surface area contributed by atoms with Gasteiger partial charge < -0.3 is 10.1 Å². The molecule has 6 heteroatoms. The largest absolute Gasteiger partial charge is 0.496 e. The number of carbonyl (C=O) groups excluding carboxylic acids is 1. The number of fused-ring (bicyclic) bond motifs is 1. The van der Waals surface area contributed by atoms with Gasteiger partial charge in [0.05, 0.1) is 12.8 Å². The van der Waals surface area contributed by atoms with Gasteiger partial charge in [-0.3, -0.25) is 14.4 Å². The van der Waals surface area contributed by atoms with Crippen molar-refractivity contribution in [3.63, 3.8) is 0 Å². The molecular weight excluding hydrogens is 280 g/mol. The molecule has 2 aromatic rings. The smallest absolute Gasteiger partial charge is 0.245 e. The Morgan fingerprint density at radius 1 is 1.41 bits per heavy atom. The van der Waals surface area contributed by atoms with E-state index in [9.17, 15) is 4.79 Å². The van der Waals surface area contributed by atoms with Gasteiger partial charge >= 0.3 is 0 Å². The standard InChI is InChI=1S/C16H20N4O2/c1-17-16(21)14-11-19(10-13-7-8-18-20(13)14)9-12-5-3-4-6-15(12)22-2/h3-8,14H,9-11H2,1-2H3,(H,17,21). The predicted molar refractivity (Wildman–Crippen MR) is 82.4 cm³/mol. The average molecular weight is 300 g/mol. The van der Waals surface area contributed by atoms with Crippen LogP contribution in [0.1, 0.15) is 17.3 Å². The summed E-state index contributed by atoms with van der Waals surface area (Å²) in [4.78, 5) is 14.4. The quantitative estimate of drug-likeness (QED) is 0.921. The van der Waals surface area contributed by atoms with Crippen LogP contribution >= 0.6 is 0 Å². The van der Waals surface area contributed by atoms with E-state index in [2.05, 4.69) is 21.4 Å². The fourth-order valence-electron chi connectivity index (χ4n) is 2.92. The van der Waals surface area contributed by atoms with E-state index in [0.717, 1.165) is 30.1 Å². The van der Waals surface area contributed by atoms with E-state index in [-0.39, 0.29) is 11.9 Å². The highest BCUT2D eigenvalue weighted by atomic mass is 16.5. The molecule has 1 amide bonds. The number of methoxy groups -OCH3 is 1. The minimum absolute atomic E-state index is 0.0188. The summed E-state index contributed by atoms with van der Waals surface area (Å²) in [6, 6.07) is 9.64. The highest BCUT2D eigenvalue weighted by molar-refractivity contribution is 5.80. The molecule has 0 saturated carbocycles. The Kier molecular flexibility index (Phi) is 4.11. The number of hydrogen-bond donors (Lipinski definition) is 1. The van der Waals surface area contributed by atoms with Gasteiger partial charge in [-0.2, -0.15) is 5.10 Å². The van der Waals surface area contributed by atoms with Crippen LogP contribution in [0.3, 0.4) is 0 Å². The number of hydrogen-bond acceptors (Lipinski definition) is 4. The molecule has 0 aliphatic carbocycles. The topological polar surface area (TPSA) is 59.4 Å². The van der Waals surface area contributed by atoms with Gasteiger partial charge in [-0.15, -0.1) is 0 Å². The number of nitrogens with zero attached hydrogens (tertiary/aromatic N) is 3. The summed E-state index contributed by atoms with van der Waals surface area (Å²) in [5.74, 6) is 0.854. The number of rotatable bonds is 4. The van der Waals surface area contributed by atoms with Gasteiger partial charge in [-0.1, -0.05) is 18.2 Å². The lowest BCUT2D eigenvalue weighted by molar-refractivity contribution is -0.125. The molecule has 1 atom stereocenters. The zero-order chi connectivity index (χ0) is 15.5. The van der Waals surface area contributed by atoms with Crippen molar-refractivity contribution >= 4 is 5.91 Å². The maximum absolute atomic E-state index is 12.1. The maximum atomic E-state index is 12.1. The maximum Gasteiger partial charge on any atom is 0.245 e. The van der Waals surface area contributed by atoms with Crippen LogP contribution in [-0.4, -0.2) is 41.3 Å². The fourth-order valence-corrected chi connectivity index (χ4v) is 2.92. The van der Waals surface area contributed by atoms with Gasteiger partial charge in [0.2, 0.25) is 5.91 Å². The zero-order valence-corrected chi connectivity index (χ0v) is 12.8. The van der Waals surface area contributed by atoms with Crippen LogP contribution in [0.4, 0.5) is 0 Å². The first-order chi connectivity index (χ1) is 10.7. The van der Waals surface area contributed by atoms with Crippen LogP contribution in [0.5, 0.6) is 5.75 Å². The second-order valence-electron chi connectivity index (χ2n) is 5.38. The van der Waals surface area contributed by atoms with Crippen LogP contribution in [0.2, 0.25) is 0 Å². The Hall–Kier alpha value is -2.34. The van der Waals surface area contributed by atoms with Crippen LogP contribution in [0.25, 0.3) is 0 Å². The van der Waals surface area contributed by atoms with Crippen molar-refractivity contribution in [2.75, 3.05) is 20.7 Å². The molecule has 0 saturated heterocycles. The summed E-state index contributed by atoms with van der Waals surface area (Å²) in [6.45, 7) is 2.14. The van der Waals surface area contributed by atoms with E-state index in [0.29, 0.717) is 6.54 Å². The van der Waals surface area contributed by atoms with Crippen molar-refractivity contribution in [2.24, 2.45) is 0 Å². The number of benzene rings is 1. The van der Waals surface area contributed by atoms with E-state index in [1.54, 1.807) is 20.4 Å². The van der Waals surface area contributed by atoms with Gasteiger partial charge in [-0.05, 0) is 12.1 Å². The second-order valence-corrected chi connectivity index (χ2v) is 5.38. The van der Waals surface area contributed by atoms with E-state index < -0.39 is 0 Å². The van der Waals surface area contributed by atoms with Crippen molar-refractivity contribution < 1.29 is 9.53 Å². The summed E-state index contributed by atoms with van der Waals surface area (Å²) in [5, 5.41) is 7.01. The molecule has 6 nitrogen and oxygen atoms in total. The van der Waals surface area contributed by atoms with Crippen molar-refractivity contribution in [2.45, 2.75) is 19.1 Å². The molecule has 3 rings (SSSR count). The number of carbonyl (C=O) groups is 1. The van der Waals surface area contributed by atoms with E-state index in [1.807, 2.05) is 28.9 Å². The molecule has 0 spiro atoms. The monoisotopic (exact) mass is 300 g/mol. The zero-order valence-electron chi connectivity index (χ0n) is 12.8. The first-order valence-corrected chi connectivity index (χ1v) is 7.31. The number of aromatic nitrogens is 2. The summed E-state index contributed by atoms with van der Waals surface area (Å²) >= 11 is 0. The lowest BCUT2D eigenvalue weighted by atomic mass is 10.1. The van der Waals surface area contributed by atoms with Gasteiger partial charge in [0, 0.05) is 38.4 Å². The average Bonchev–Trinajstić information content (AvgIpc) is 3.02. The Morgan fingerprint density at radius 3 is 3.00 bits per heavy atom. The van der Waals surface area contributed by atoms with Crippen molar-refractivity contribution in [3.8, 4) is 5.75 Å². The molecule has 2 heterocycles. The Bertz CT molecular complexity index is 668. The van der Waals surface area contributed by atoms with Gasteiger partial charge in [0.15, 0.2) is 0 Å². The number of para-hydroxylation sites is 1. The van der Waals surface area contributed by atoms with E-state index in [4.69, 9.17) is 4.74 Å². The highest BCUT2D eigenvalue weighted by Crippen LogP contribution is 2.25. The number of nitrogens with one attached hydrogen (secondary N) is 1. The van der Waals surface area contributed by atoms with Crippen molar-refractivity contribution in [1.82, 2.24) is 20.0 Å². The minimum Gasteiger partial charge on any atom is -0.496 e. The van der Waals surface area contributed by atoms with E-state index >= 15 is 0 Å². The Labute approximate surface area is 129 Å². The molecule has 0 radical (unpaired) electrons. The highest BCUT2D eigenvalue weighted by Gasteiger charge is 2.30. The van der Waals surface area contributed by atoms with Crippen LogP contribution < -0.4 is 10.1 Å². The van der Waals surface area contributed by atoms with Crippen LogP contribution in [0.15, 0.2) is 36.5 Å². The normalized spacial score (nSPS) is 17.8. The van der Waals surface area contributed by atoms with Gasteiger partial charge in [0.1, 0.15) is 11.8 Å². The SMILES string of the molecule is CNC(=O)C1CN(Cc2ccccc2OC)Cc2ccnn21. The fraction of sp³-hybridized carbons (Fsp3) is 0.375. The van der Waals surface area contributed by atoms with Gasteiger partial charge in [-0.25, -0.2) is 0 Å². The Morgan fingerprint density at radius 2 is 2.23 bits per heavy atom. The molecule has 1 aliphatic rings. The second kappa shape index (κ2) is 6.19. The molecular formula is C16H20N4O2. The number of ether oxygens (including phenoxy) is 1. The minimum atomic E-state index is -0.293. The molecule has 1 aliphatic heterocycles. The lowest BCUT2D eigenvalue weighted by Gasteiger charge is -2.33. The third kappa shape index (κ3) is 2.69. The molecule has 116 valence electrons. The first kappa shape index (κ1) is 14.6. The van der Waals surface area contributed by atoms with Crippen molar-refractivity contribution in [1.29, 1.82) is 0 Å². The number of likely N-dealkylation sites (N-methyl/N-ethyl adjacent to an activating group) is 1. The van der Waals surface area contributed by atoms with Gasteiger partial charge in [0.25, 0.3) is 0 Å². The molecule has 1 aromatic carbocycles. The van der Waals surface area contributed by atoms with Crippen molar-refractivity contribution in [3.05, 3.63) is 47.8 Å². The summed E-state index contributed by atoms with van der Waals surface area (Å²) in [7, 11) is 3.34. The third-order valence-electron chi connectivity index (χ3n) is 4.00. The van der Waals surface area contributed by atoms with E-state index in [1.165, 1.54) is 0 Å². The molecule has 22 heavy (non-hydrogen) atoms. The van der Waals surface area contributed by atoms with Crippen LogP contribution in [-0.2, 0) is 17.9 Å². The molecule has 1 N–H and O–H groups in total. The Balaban J connectivity index is 1.83. The molecule has 0 bridgehead atoms. The first-order valence-electron chi connectivity index (χ1n) is 7.31. The molecule has 1 unspecified atom stereocenters. The predicted octanol–water partition coefficient (Wildman–Crippen LogP) is 1.19.